The Balaban J connectivity index is 1.77. The van der Waals surface area contributed by atoms with Crippen LogP contribution in [0.5, 0.6) is 0 Å². The van der Waals surface area contributed by atoms with E-state index in [4.69, 9.17) is 0 Å². The zero-order chi connectivity index (χ0) is 17.8. The van der Waals surface area contributed by atoms with Gasteiger partial charge < -0.3 is 4.90 Å². The summed E-state index contributed by atoms with van der Waals surface area (Å²) >= 11 is 0. The highest BCUT2D eigenvalue weighted by molar-refractivity contribution is 5.92. The molecule has 2 aromatic rings. The molecule has 0 aliphatic carbocycles. The van der Waals surface area contributed by atoms with Gasteiger partial charge in [-0.05, 0) is 44.2 Å². The lowest BCUT2D eigenvalue weighted by Crippen LogP contribution is -2.38. The standard InChI is InChI=1S/C20H25N3O2/c1-3-12-23-19(24)11-10-18(21-23)20(25)22-13-4-5-17(22)14-16-8-6-15(2)7-9-16/h6-11,17H,3-5,12-14H2,1-2H3. The molecule has 0 radical (unpaired) electrons. The third-order valence-electron chi connectivity index (χ3n) is 4.75. The van der Waals surface area contributed by atoms with E-state index in [9.17, 15) is 9.59 Å². The Kier molecular flexibility index (Phi) is 5.31. The number of carbonyl (C=O) groups excluding carboxylic acids is 1. The molecule has 3 rings (SSSR count). The maximum atomic E-state index is 12.9. The zero-order valence-electron chi connectivity index (χ0n) is 14.9. The number of amides is 1. The van der Waals surface area contributed by atoms with Crippen LogP contribution in [0.1, 0.15) is 47.8 Å². The molecule has 1 aliphatic heterocycles. The fraction of sp³-hybridized carbons (Fsp3) is 0.450. The Hall–Kier alpha value is -2.43. The first-order chi connectivity index (χ1) is 12.1. The van der Waals surface area contributed by atoms with Gasteiger partial charge in [0.25, 0.3) is 11.5 Å². The largest absolute Gasteiger partial charge is 0.334 e. The number of aromatic nitrogens is 2. The van der Waals surface area contributed by atoms with Crippen LogP contribution in [0, 0.1) is 6.92 Å². The summed E-state index contributed by atoms with van der Waals surface area (Å²) < 4.78 is 1.39. The molecule has 5 heteroatoms. The lowest BCUT2D eigenvalue weighted by atomic mass is 10.0. The van der Waals surface area contributed by atoms with Crippen LogP contribution in [0.25, 0.3) is 0 Å². The Morgan fingerprint density at radius 1 is 1.20 bits per heavy atom. The molecular formula is C20H25N3O2. The van der Waals surface area contributed by atoms with Crippen molar-refractivity contribution in [3.8, 4) is 0 Å². The average molecular weight is 339 g/mol. The molecule has 0 bridgehead atoms. The molecule has 132 valence electrons. The van der Waals surface area contributed by atoms with E-state index in [0.29, 0.717) is 12.2 Å². The number of likely N-dealkylation sites (tertiary alicyclic amines) is 1. The van der Waals surface area contributed by atoms with E-state index in [-0.39, 0.29) is 17.5 Å². The van der Waals surface area contributed by atoms with Gasteiger partial charge in [0, 0.05) is 25.2 Å². The first-order valence-electron chi connectivity index (χ1n) is 9.03. The quantitative estimate of drug-likeness (QED) is 0.842. The van der Waals surface area contributed by atoms with E-state index in [0.717, 1.165) is 32.2 Å². The number of hydrogen-bond acceptors (Lipinski definition) is 3. The first kappa shape index (κ1) is 17.4. The zero-order valence-corrected chi connectivity index (χ0v) is 14.9. The van der Waals surface area contributed by atoms with Gasteiger partial charge in [0.15, 0.2) is 0 Å². The van der Waals surface area contributed by atoms with Crippen LogP contribution in [0.2, 0.25) is 0 Å². The molecule has 1 saturated heterocycles. The van der Waals surface area contributed by atoms with E-state index >= 15 is 0 Å². The molecule has 5 nitrogen and oxygen atoms in total. The summed E-state index contributed by atoms with van der Waals surface area (Å²) in [6.07, 6.45) is 3.69. The molecule has 1 amide bonds. The summed E-state index contributed by atoms with van der Waals surface area (Å²) in [5.74, 6) is -0.0699. The molecule has 1 aromatic carbocycles. The fourth-order valence-electron chi connectivity index (χ4n) is 3.39. The van der Waals surface area contributed by atoms with Gasteiger partial charge in [0.1, 0.15) is 5.69 Å². The summed E-state index contributed by atoms with van der Waals surface area (Å²) in [6.45, 7) is 5.35. The number of nitrogens with zero attached hydrogens (tertiary/aromatic N) is 3. The SMILES string of the molecule is CCCn1nc(C(=O)N2CCCC2Cc2ccc(C)cc2)ccc1=O. The van der Waals surface area contributed by atoms with Crippen molar-refractivity contribution in [1.82, 2.24) is 14.7 Å². The molecule has 1 aromatic heterocycles. The van der Waals surface area contributed by atoms with E-state index in [2.05, 4.69) is 36.3 Å². The first-order valence-corrected chi connectivity index (χ1v) is 9.03. The highest BCUT2D eigenvalue weighted by atomic mass is 16.2. The number of hydrogen-bond donors (Lipinski definition) is 0. The maximum absolute atomic E-state index is 12.9. The lowest BCUT2D eigenvalue weighted by Gasteiger charge is -2.24. The summed E-state index contributed by atoms with van der Waals surface area (Å²) in [4.78, 5) is 26.7. The third-order valence-corrected chi connectivity index (χ3v) is 4.75. The van der Waals surface area contributed by atoms with Gasteiger partial charge in [-0.25, -0.2) is 4.68 Å². The fourth-order valence-corrected chi connectivity index (χ4v) is 3.39. The lowest BCUT2D eigenvalue weighted by molar-refractivity contribution is 0.0727. The average Bonchev–Trinajstić information content (AvgIpc) is 3.06. The van der Waals surface area contributed by atoms with Crippen molar-refractivity contribution in [3.63, 3.8) is 0 Å². The normalized spacial score (nSPS) is 17.0. The summed E-state index contributed by atoms with van der Waals surface area (Å²) in [5.41, 5.74) is 2.70. The molecule has 1 unspecified atom stereocenters. The summed E-state index contributed by atoms with van der Waals surface area (Å²) in [5, 5.41) is 4.27. The van der Waals surface area contributed by atoms with Crippen LogP contribution < -0.4 is 5.56 Å². The number of rotatable bonds is 5. The van der Waals surface area contributed by atoms with Gasteiger partial charge in [-0.1, -0.05) is 36.8 Å². The second kappa shape index (κ2) is 7.64. The van der Waals surface area contributed by atoms with E-state index < -0.39 is 0 Å². The second-order valence-electron chi connectivity index (χ2n) is 6.76. The van der Waals surface area contributed by atoms with Crippen molar-refractivity contribution in [2.24, 2.45) is 0 Å². The van der Waals surface area contributed by atoms with E-state index in [1.165, 1.54) is 21.9 Å². The van der Waals surface area contributed by atoms with Crippen molar-refractivity contribution < 1.29 is 4.79 Å². The van der Waals surface area contributed by atoms with E-state index in [1.807, 2.05) is 11.8 Å². The third kappa shape index (κ3) is 3.98. The van der Waals surface area contributed by atoms with Crippen LogP contribution in [-0.2, 0) is 13.0 Å². The highest BCUT2D eigenvalue weighted by Crippen LogP contribution is 2.23. The Morgan fingerprint density at radius 3 is 2.68 bits per heavy atom. The number of carbonyl (C=O) groups is 1. The molecule has 0 N–H and O–H groups in total. The molecule has 0 saturated carbocycles. The van der Waals surface area contributed by atoms with Gasteiger partial charge in [0.05, 0.1) is 0 Å². The van der Waals surface area contributed by atoms with Crippen molar-refractivity contribution in [2.45, 2.75) is 52.1 Å². The van der Waals surface area contributed by atoms with Crippen molar-refractivity contribution >= 4 is 5.91 Å². The smallest absolute Gasteiger partial charge is 0.274 e. The number of aryl methyl sites for hydroxylation is 2. The van der Waals surface area contributed by atoms with Crippen molar-refractivity contribution in [1.29, 1.82) is 0 Å². The predicted molar refractivity (Wildman–Crippen MR) is 97.7 cm³/mol. The van der Waals surface area contributed by atoms with Gasteiger partial charge >= 0.3 is 0 Å². The van der Waals surface area contributed by atoms with Gasteiger partial charge in [-0.15, -0.1) is 0 Å². The maximum Gasteiger partial charge on any atom is 0.274 e. The van der Waals surface area contributed by atoms with Crippen molar-refractivity contribution in [2.75, 3.05) is 6.54 Å². The molecule has 1 fully saturated rings. The molecule has 1 aliphatic rings. The molecule has 0 spiro atoms. The number of benzene rings is 1. The van der Waals surface area contributed by atoms with Crippen LogP contribution in [0.15, 0.2) is 41.2 Å². The van der Waals surface area contributed by atoms with Crippen LogP contribution >= 0.6 is 0 Å². The Bertz CT molecular complexity index is 795. The predicted octanol–water partition coefficient (Wildman–Crippen LogP) is 2.81. The molecule has 25 heavy (non-hydrogen) atoms. The van der Waals surface area contributed by atoms with Crippen LogP contribution in [0.4, 0.5) is 0 Å². The topological polar surface area (TPSA) is 55.2 Å². The van der Waals surface area contributed by atoms with Gasteiger partial charge in [-0.3, -0.25) is 9.59 Å². The van der Waals surface area contributed by atoms with Gasteiger partial charge in [-0.2, -0.15) is 5.10 Å². The minimum Gasteiger partial charge on any atom is -0.334 e. The van der Waals surface area contributed by atoms with Crippen LogP contribution in [-0.4, -0.2) is 33.2 Å². The Morgan fingerprint density at radius 2 is 1.96 bits per heavy atom. The molecular weight excluding hydrogens is 314 g/mol. The Labute approximate surface area is 148 Å². The minimum absolute atomic E-state index is 0.0699. The molecule has 1 atom stereocenters. The molecule has 2 heterocycles. The highest BCUT2D eigenvalue weighted by Gasteiger charge is 2.30. The van der Waals surface area contributed by atoms with Gasteiger partial charge in [0.2, 0.25) is 0 Å². The minimum atomic E-state index is -0.156. The van der Waals surface area contributed by atoms with E-state index in [1.54, 1.807) is 6.07 Å². The van der Waals surface area contributed by atoms with Crippen LogP contribution in [0.3, 0.4) is 0 Å². The summed E-state index contributed by atoms with van der Waals surface area (Å²) in [7, 11) is 0. The van der Waals surface area contributed by atoms with Crippen molar-refractivity contribution in [3.05, 3.63) is 63.6 Å². The second-order valence-corrected chi connectivity index (χ2v) is 6.76. The monoisotopic (exact) mass is 339 g/mol. The summed E-state index contributed by atoms with van der Waals surface area (Å²) in [6, 6.07) is 11.7.